The van der Waals surface area contributed by atoms with Gasteiger partial charge in [0, 0.05) is 12.8 Å². The number of amides is 1. The SMILES string of the molecule is COCC(=O)Nc1ccc(B2OC(C)(C)C(C)(C)O2)cc1C. The molecule has 1 aliphatic heterocycles. The van der Waals surface area contributed by atoms with Gasteiger partial charge in [0.05, 0.1) is 11.2 Å². The number of methoxy groups -OCH3 is 1. The predicted octanol–water partition coefficient (Wildman–Crippen LogP) is 1.88. The highest BCUT2D eigenvalue weighted by Crippen LogP contribution is 2.36. The minimum atomic E-state index is -0.396. The van der Waals surface area contributed by atoms with Crippen LogP contribution in [-0.4, -0.2) is 37.9 Å². The maximum absolute atomic E-state index is 11.6. The Balaban J connectivity index is 2.15. The van der Waals surface area contributed by atoms with E-state index >= 15 is 0 Å². The van der Waals surface area contributed by atoms with Crippen LogP contribution >= 0.6 is 0 Å². The third-order valence-electron chi connectivity index (χ3n) is 4.33. The first-order valence-corrected chi connectivity index (χ1v) is 7.41. The van der Waals surface area contributed by atoms with E-state index in [-0.39, 0.29) is 23.7 Å². The fraction of sp³-hybridized carbons (Fsp3) is 0.562. The van der Waals surface area contributed by atoms with Gasteiger partial charge in [-0.25, -0.2) is 0 Å². The van der Waals surface area contributed by atoms with E-state index in [0.717, 1.165) is 16.7 Å². The molecule has 0 radical (unpaired) electrons. The van der Waals surface area contributed by atoms with Gasteiger partial charge < -0.3 is 19.4 Å². The molecule has 1 aromatic carbocycles. The van der Waals surface area contributed by atoms with Crippen molar-refractivity contribution >= 4 is 24.2 Å². The van der Waals surface area contributed by atoms with E-state index in [1.165, 1.54) is 7.11 Å². The summed E-state index contributed by atoms with van der Waals surface area (Å²) in [6.07, 6.45) is 0. The van der Waals surface area contributed by atoms with Crippen molar-refractivity contribution in [2.24, 2.45) is 0 Å². The number of nitrogens with one attached hydrogen (secondary N) is 1. The number of ether oxygens (including phenoxy) is 1. The van der Waals surface area contributed by atoms with Crippen LogP contribution in [-0.2, 0) is 18.8 Å². The van der Waals surface area contributed by atoms with Gasteiger partial charge in [0.2, 0.25) is 5.91 Å². The lowest BCUT2D eigenvalue weighted by Crippen LogP contribution is -2.41. The normalized spacial score (nSPS) is 19.3. The first-order valence-electron chi connectivity index (χ1n) is 7.41. The standard InChI is InChI=1S/C16H24BNO4/c1-11-9-12(7-8-13(11)18-14(19)10-20-6)17-21-15(2,3)16(4,5)22-17/h7-9H,10H2,1-6H3,(H,18,19). The van der Waals surface area contributed by atoms with Crippen molar-refractivity contribution in [2.45, 2.75) is 45.8 Å². The van der Waals surface area contributed by atoms with E-state index in [1.54, 1.807) is 0 Å². The van der Waals surface area contributed by atoms with Gasteiger partial charge in [-0.1, -0.05) is 12.1 Å². The van der Waals surface area contributed by atoms with E-state index < -0.39 is 7.12 Å². The molecule has 1 fully saturated rings. The lowest BCUT2D eigenvalue weighted by atomic mass is 9.78. The maximum Gasteiger partial charge on any atom is 0.494 e. The highest BCUT2D eigenvalue weighted by molar-refractivity contribution is 6.62. The summed E-state index contributed by atoms with van der Waals surface area (Å²) in [5.74, 6) is -0.172. The Hall–Kier alpha value is -1.37. The van der Waals surface area contributed by atoms with Crippen molar-refractivity contribution in [2.75, 3.05) is 19.0 Å². The third kappa shape index (κ3) is 3.34. The van der Waals surface area contributed by atoms with E-state index in [9.17, 15) is 4.79 Å². The fourth-order valence-electron chi connectivity index (χ4n) is 2.27. The molecule has 6 heteroatoms. The number of carbonyl (C=O) groups excluding carboxylic acids is 1. The zero-order valence-electron chi connectivity index (χ0n) is 14.1. The molecule has 1 aliphatic rings. The summed E-state index contributed by atoms with van der Waals surface area (Å²) in [6, 6.07) is 5.76. The molecule has 0 unspecified atom stereocenters. The smallest absolute Gasteiger partial charge is 0.399 e. The Morgan fingerprint density at radius 2 is 1.82 bits per heavy atom. The van der Waals surface area contributed by atoms with Crippen LogP contribution in [0.5, 0.6) is 0 Å². The van der Waals surface area contributed by atoms with Gasteiger partial charge in [0.15, 0.2) is 0 Å². The monoisotopic (exact) mass is 305 g/mol. The molecule has 22 heavy (non-hydrogen) atoms. The molecule has 0 aliphatic carbocycles. The van der Waals surface area contributed by atoms with Crippen LogP contribution in [0.4, 0.5) is 5.69 Å². The van der Waals surface area contributed by atoms with Gasteiger partial charge in [-0.3, -0.25) is 4.79 Å². The lowest BCUT2D eigenvalue weighted by molar-refractivity contribution is -0.119. The molecule has 1 N–H and O–H groups in total. The average Bonchev–Trinajstić information content (AvgIpc) is 2.61. The summed E-state index contributed by atoms with van der Waals surface area (Å²) in [5, 5.41) is 2.82. The Kier molecular flexibility index (Phi) is 4.66. The second-order valence-corrected chi connectivity index (χ2v) is 6.64. The third-order valence-corrected chi connectivity index (χ3v) is 4.33. The van der Waals surface area contributed by atoms with Gasteiger partial charge in [-0.05, 0) is 51.7 Å². The zero-order valence-corrected chi connectivity index (χ0v) is 14.1. The molecule has 0 bridgehead atoms. The van der Waals surface area contributed by atoms with Gasteiger partial charge in [0.25, 0.3) is 0 Å². The Bertz CT molecular complexity index is 555. The molecule has 1 amide bonds. The highest BCUT2D eigenvalue weighted by atomic mass is 16.7. The number of rotatable bonds is 4. The molecule has 0 spiro atoms. The van der Waals surface area contributed by atoms with Crippen LogP contribution in [0.2, 0.25) is 0 Å². The second-order valence-electron chi connectivity index (χ2n) is 6.64. The lowest BCUT2D eigenvalue weighted by Gasteiger charge is -2.32. The van der Waals surface area contributed by atoms with Gasteiger partial charge in [-0.15, -0.1) is 0 Å². The number of hydrogen-bond donors (Lipinski definition) is 1. The molecular weight excluding hydrogens is 281 g/mol. The molecule has 1 aromatic rings. The first-order chi connectivity index (χ1) is 10.2. The topological polar surface area (TPSA) is 56.8 Å². The number of benzene rings is 1. The number of aryl methyl sites for hydroxylation is 1. The van der Waals surface area contributed by atoms with E-state index in [0.29, 0.717) is 0 Å². The van der Waals surface area contributed by atoms with Crippen LogP contribution in [0, 0.1) is 6.92 Å². The quantitative estimate of drug-likeness (QED) is 0.863. The van der Waals surface area contributed by atoms with Crippen molar-refractivity contribution in [1.29, 1.82) is 0 Å². The summed E-state index contributed by atoms with van der Waals surface area (Å²) >= 11 is 0. The summed E-state index contributed by atoms with van der Waals surface area (Å²) in [7, 11) is 1.10. The van der Waals surface area contributed by atoms with E-state index in [2.05, 4.69) is 5.32 Å². The van der Waals surface area contributed by atoms with Crippen LogP contribution < -0.4 is 10.8 Å². The maximum atomic E-state index is 11.6. The number of carbonyl (C=O) groups is 1. The molecule has 0 saturated carbocycles. The molecule has 5 nitrogen and oxygen atoms in total. The molecule has 120 valence electrons. The van der Waals surface area contributed by atoms with E-state index in [4.69, 9.17) is 14.0 Å². The largest absolute Gasteiger partial charge is 0.494 e. The Morgan fingerprint density at radius 3 is 2.32 bits per heavy atom. The fourth-order valence-corrected chi connectivity index (χ4v) is 2.27. The first kappa shape index (κ1) is 17.0. The van der Waals surface area contributed by atoms with E-state index in [1.807, 2.05) is 52.8 Å². The van der Waals surface area contributed by atoms with Crippen molar-refractivity contribution in [1.82, 2.24) is 0 Å². The Morgan fingerprint density at radius 1 is 1.23 bits per heavy atom. The summed E-state index contributed by atoms with van der Waals surface area (Å²) in [6.45, 7) is 10.1. The van der Waals surface area contributed by atoms with Gasteiger partial charge in [0.1, 0.15) is 6.61 Å². The summed E-state index contributed by atoms with van der Waals surface area (Å²) < 4.78 is 16.9. The second kappa shape index (κ2) is 6.03. The molecule has 0 atom stereocenters. The van der Waals surface area contributed by atoms with Gasteiger partial charge >= 0.3 is 7.12 Å². The molecule has 1 heterocycles. The summed E-state index contributed by atoms with van der Waals surface area (Å²) in [5.41, 5.74) is 1.94. The number of anilines is 1. The van der Waals surface area contributed by atoms with Crippen molar-refractivity contribution in [3.63, 3.8) is 0 Å². The molecular formula is C16H24BNO4. The molecule has 2 rings (SSSR count). The summed E-state index contributed by atoms with van der Waals surface area (Å²) in [4.78, 5) is 11.6. The minimum absolute atomic E-state index is 0.0401. The highest BCUT2D eigenvalue weighted by Gasteiger charge is 2.51. The van der Waals surface area contributed by atoms with Crippen LogP contribution in [0.15, 0.2) is 18.2 Å². The molecule has 1 saturated heterocycles. The van der Waals surface area contributed by atoms with Crippen molar-refractivity contribution in [3.8, 4) is 0 Å². The van der Waals surface area contributed by atoms with Crippen LogP contribution in [0.1, 0.15) is 33.3 Å². The Labute approximate surface area is 132 Å². The van der Waals surface area contributed by atoms with Gasteiger partial charge in [-0.2, -0.15) is 0 Å². The zero-order chi connectivity index (χ0) is 16.5. The van der Waals surface area contributed by atoms with Crippen LogP contribution in [0.3, 0.4) is 0 Å². The van der Waals surface area contributed by atoms with Crippen LogP contribution in [0.25, 0.3) is 0 Å². The predicted molar refractivity (Wildman–Crippen MR) is 87.4 cm³/mol. The molecule has 0 aromatic heterocycles. The minimum Gasteiger partial charge on any atom is -0.399 e. The van der Waals surface area contributed by atoms with Crippen molar-refractivity contribution in [3.05, 3.63) is 23.8 Å². The van der Waals surface area contributed by atoms with Crippen molar-refractivity contribution < 1.29 is 18.8 Å². The number of hydrogen-bond acceptors (Lipinski definition) is 4. The average molecular weight is 305 g/mol.